The molecule has 224 valence electrons. The molecule has 1 saturated heterocycles. The number of methoxy groups -OCH3 is 1. The first-order valence-electron chi connectivity index (χ1n) is 14.0. The number of fused-ring (bicyclic) bond motifs is 1. The van der Waals surface area contributed by atoms with Crippen molar-refractivity contribution in [3.05, 3.63) is 84.1 Å². The van der Waals surface area contributed by atoms with Crippen LogP contribution in [0, 0.1) is 11.6 Å². The van der Waals surface area contributed by atoms with Crippen LogP contribution in [0.1, 0.15) is 24.8 Å². The smallest absolute Gasteiger partial charge is 0.325 e. The van der Waals surface area contributed by atoms with Gasteiger partial charge in [-0.2, -0.15) is 0 Å². The molecule has 5 rings (SSSR count). The van der Waals surface area contributed by atoms with Crippen LogP contribution in [0.2, 0.25) is 0 Å². The van der Waals surface area contributed by atoms with Crippen molar-refractivity contribution in [3.8, 4) is 23.0 Å². The normalized spacial score (nSPS) is 13.1. The van der Waals surface area contributed by atoms with Gasteiger partial charge in [-0.25, -0.2) is 13.6 Å². The Morgan fingerprint density at radius 2 is 1.74 bits per heavy atom. The summed E-state index contributed by atoms with van der Waals surface area (Å²) >= 11 is 0. The fraction of sp³-hybridized carbons (Fsp3) is 0.281. The van der Waals surface area contributed by atoms with Crippen molar-refractivity contribution >= 4 is 28.5 Å². The number of carbonyl (C=O) groups excluding carboxylic acids is 2. The number of benzene rings is 3. The van der Waals surface area contributed by atoms with Gasteiger partial charge in [-0.1, -0.05) is 18.2 Å². The molecule has 0 atom stereocenters. The van der Waals surface area contributed by atoms with E-state index in [-0.39, 0.29) is 23.4 Å². The van der Waals surface area contributed by atoms with E-state index in [1.165, 1.54) is 43.2 Å². The van der Waals surface area contributed by atoms with Gasteiger partial charge in [0.05, 0.1) is 25.7 Å². The van der Waals surface area contributed by atoms with E-state index < -0.39 is 23.6 Å². The summed E-state index contributed by atoms with van der Waals surface area (Å²) in [5.74, 6) is -0.678. The lowest BCUT2D eigenvalue weighted by molar-refractivity contribution is -0.119. The van der Waals surface area contributed by atoms with Crippen molar-refractivity contribution in [2.45, 2.75) is 25.7 Å². The van der Waals surface area contributed by atoms with Crippen LogP contribution in [0.5, 0.6) is 23.0 Å². The monoisotopic (exact) mass is 590 g/mol. The molecule has 0 aliphatic carbocycles. The van der Waals surface area contributed by atoms with Crippen LogP contribution in [-0.2, 0) is 11.2 Å². The Kier molecular flexibility index (Phi) is 9.63. The van der Waals surface area contributed by atoms with Crippen molar-refractivity contribution < 1.29 is 32.6 Å². The van der Waals surface area contributed by atoms with Gasteiger partial charge in [-0.3, -0.25) is 15.1 Å². The molecule has 43 heavy (non-hydrogen) atoms. The standard InChI is InChI=1S/C32H32F2N4O5/c1-41-29-19-23-26(20-30(29)42-16-6-15-38-13-4-5-14-38)35-12-11-27(23)43-28-10-9-22(18-25(28)34)36-32(40)37-31(39)17-21-7-2-3-8-24(21)33/h2-3,7-12,18-20H,4-6,13-17H2,1H3,(H2,36,37,39,40). The van der Waals surface area contributed by atoms with Crippen LogP contribution in [0.4, 0.5) is 19.3 Å². The zero-order valence-corrected chi connectivity index (χ0v) is 23.7. The number of likely N-dealkylation sites (tertiary alicyclic amines) is 1. The van der Waals surface area contributed by atoms with Gasteiger partial charge in [-0.05, 0) is 68.2 Å². The van der Waals surface area contributed by atoms with Gasteiger partial charge in [0.25, 0.3) is 0 Å². The molecule has 1 aromatic heterocycles. The first kappa shape index (κ1) is 29.7. The molecule has 1 aliphatic rings. The molecule has 11 heteroatoms. The van der Waals surface area contributed by atoms with E-state index in [0.29, 0.717) is 34.8 Å². The average molecular weight is 591 g/mol. The second-order valence-electron chi connectivity index (χ2n) is 10.1. The SMILES string of the molecule is COc1cc2c(Oc3ccc(NC(=O)NC(=O)Cc4ccccc4F)cc3F)ccnc2cc1OCCCN1CCCC1. The average Bonchev–Trinajstić information content (AvgIpc) is 3.51. The van der Waals surface area contributed by atoms with Crippen LogP contribution in [0.25, 0.3) is 10.9 Å². The Morgan fingerprint density at radius 3 is 2.51 bits per heavy atom. The summed E-state index contributed by atoms with van der Waals surface area (Å²) in [5.41, 5.74) is 0.829. The Balaban J connectivity index is 1.21. The largest absolute Gasteiger partial charge is 0.493 e. The minimum Gasteiger partial charge on any atom is -0.493 e. The molecule has 0 unspecified atom stereocenters. The lowest BCUT2D eigenvalue weighted by Gasteiger charge is -2.16. The number of hydrogen-bond acceptors (Lipinski definition) is 7. The molecule has 1 fully saturated rings. The van der Waals surface area contributed by atoms with E-state index >= 15 is 4.39 Å². The van der Waals surface area contributed by atoms with Crippen LogP contribution >= 0.6 is 0 Å². The highest BCUT2D eigenvalue weighted by Gasteiger charge is 2.16. The van der Waals surface area contributed by atoms with Gasteiger partial charge < -0.3 is 24.4 Å². The predicted octanol–water partition coefficient (Wildman–Crippen LogP) is 6.07. The number of aromatic nitrogens is 1. The molecule has 2 heterocycles. The summed E-state index contributed by atoms with van der Waals surface area (Å²) in [6.45, 7) is 3.81. The number of nitrogens with zero attached hydrogens (tertiary/aromatic N) is 2. The molecule has 0 bridgehead atoms. The van der Waals surface area contributed by atoms with Gasteiger partial charge in [0, 0.05) is 35.9 Å². The van der Waals surface area contributed by atoms with Crippen LogP contribution < -0.4 is 24.8 Å². The highest BCUT2D eigenvalue weighted by atomic mass is 19.1. The first-order chi connectivity index (χ1) is 20.9. The zero-order valence-electron chi connectivity index (χ0n) is 23.7. The van der Waals surface area contributed by atoms with E-state index in [9.17, 15) is 14.0 Å². The highest BCUT2D eigenvalue weighted by molar-refractivity contribution is 6.01. The highest BCUT2D eigenvalue weighted by Crippen LogP contribution is 2.38. The number of imide groups is 1. The third-order valence-corrected chi connectivity index (χ3v) is 7.03. The molecule has 9 nitrogen and oxygen atoms in total. The summed E-state index contributed by atoms with van der Waals surface area (Å²) < 4.78 is 46.2. The van der Waals surface area contributed by atoms with Gasteiger partial charge in [0.2, 0.25) is 5.91 Å². The summed E-state index contributed by atoms with van der Waals surface area (Å²) in [4.78, 5) is 31.2. The van der Waals surface area contributed by atoms with E-state index in [0.717, 1.165) is 32.1 Å². The molecule has 4 aromatic rings. The van der Waals surface area contributed by atoms with Crippen molar-refractivity contribution in [1.82, 2.24) is 15.2 Å². The number of pyridine rings is 1. The maximum Gasteiger partial charge on any atom is 0.325 e. The quantitative estimate of drug-likeness (QED) is 0.205. The number of amides is 3. The number of rotatable bonds is 11. The molecular formula is C32H32F2N4O5. The van der Waals surface area contributed by atoms with Gasteiger partial charge in [0.1, 0.15) is 11.6 Å². The molecular weight excluding hydrogens is 558 g/mol. The summed E-state index contributed by atoms with van der Waals surface area (Å²) in [6.07, 6.45) is 4.63. The summed E-state index contributed by atoms with van der Waals surface area (Å²) in [6, 6.07) is 13.9. The van der Waals surface area contributed by atoms with E-state index in [2.05, 4.69) is 20.5 Å². The number of carbonyl (C=O) groups is 2. The number of ether oxygens (including phenoxy) is 3. The van der Waals surface area contributed by atoms with E-state index in [4.69, 9.17) is 14.2 Å². The van der Waals surface area contributed by atoms with Crippen molar-refractivity contribution in [2.75, 3.05) is 38.7 Å². The van der Waals surface area contributed by atoms with Crippen LogP contribution in [0.15, 0.2) is 66.9 Å². The minimum absolute atomic E-state index is 0.0877. The Labute approximate surface area is 247 Å². The maximum atomic E-state index is 15.0. The summed E-state index contributed by atoms with van der Waals surface area (Å²) in [7, 11) is 1.55. The van der Waals surface area contributed by atoms with Crippen molar-refractivity contribution in [1.29, 1.82) is 0 Å². The molecule has 3 aromatic carbocycles. The summed E-state index contributed by atoms with van der Waals surface area (Å²) in [5, 5.41) is 5.09. The fourth-order valence-corrected chi connectivity index (χ4v) is 4.89. The molecule has 0 saturated carbocycles. The topological polar surface area (TPSA) is 102 Å². The lowest BCUT2D eigenvalue weighted by atomic mass is 10.1. The lowest BCUT2D eigenvalue weighted by Crippen LogP contribution is -2.35. The maximum absolute atomic E-state index is 15.0. The molecule has 0 spiro atoms. The van der Waals surface area contributed by atoms with Crippen LogP contribution in [0.3, 0.4) is 0 Å². The number of urea groups is 1. The third kappa shape index (κ3) is 7.75. The molecule has 3 amide bonds. The number of hydrogen-bond donors (Lipinski definition) is 2. The molecule has 1 aliphatic heterocycles. The van der Waals surface area contributed by atoms with E-state index in [1.807, 2.05) is 0 Å². The van der Waals surface area contributed by atoms with Gasteiger partial charge >= 0.3 is 6.03 Å². The fourth-order valence-electron chi connectivity index (χ4n) is 4.89. The second kappa shape index (κ2) is 13.9. The van der Waals surface area contributed by atoms with Gasteiger partial charge in [-0.15, -0.1) is 0 Å². The molecule has 0 radical (unpaired) electrons. The minimum atomic E-state index is -0.879. The number of anilines is 1. The van der Waals surface area contributed by atoms with E-state index in [1.54, 1.807) is 37.6 Å². The van der Waals surface area contributed by atoms with Crippen molar-refractivity contribution in [2.24, 2.45) is 0 Å². The number of nitrogens with one attached hydrogen (secondary N) is 2. The first-order valence-corrected chi connectivity index (χ1v) is 14.0. The van der Waals surface area contributed by atoms with Crippen molar-refractivity contribution in [3.63, 3.8) is 0 Å². The Bertz CT molecular complexity index is 1610. The molecule has 2 N–H and O–H groups in total. The number of halogens is 2. The van der Waals surface area contributed by atoms with Gasteiger partial charge in [0.15, 0.2) is 23.1 Å². The second-order valence-corrected chi connectivity index (χ2v) is 10.1. The third-order valence-electron chi connectivity index (χ3n) is 7.03. The van der Waals surface area contributed by atoms with Crippen LogP contribution in [-0.4, -0.2) is 55.2 Å². The Hall–Kier alpha value is -4.77. The zero-order chi connectivity index (χ0) is 30.2. The predicted molar refractivity (Wildman–Crippen MR) is 158 cm³/mol. The Morgan fingerprint density at radius 1 is 0.930 bits per heavy atom.